The zero-order chi connectivity index (χ0) is 14.5. The van der Waals surface area contributed by atoms with Gasteiger partial charge in [0.25, 0.3) is 0 Å². The van der Waals surface area contributed by atoms with Gasteiger partial charge in [-0.15, -0.1) is 0 Å². The lowest BCUT2D eigenvalue weighted by molar-refractivity contribution is 0.118. The van der Waals surface area contributed by atoms with Gasteiger partial charge in [0, 0.05) is 25.9 Å². The lowest BCUT2D eigenvalue weighted by Crippen LogP contribution is -2.36. The molecule has 1 saturated heterocycles. The Balaban J connectivity index is 2.10. The van der Waals surface area contributed by atoms with Gasteiger partial charge in [-0.3, -0.25) is 0 Å². The summed E-state index contributed by atoms with van der Waals surface area (Å²) in [6.07, 6.45) is 2.28. The van der Waals surface area contributed by atoms with E-state index in [4.69, 9.17) is 4.74 Å². The molecule has 1 aliphatic heterocycles. The molecule has 0 spiro atoms. The molecule has 3 nitrogen and oxygen atoms in total. The van der Waals surface area contributed by atoms with Crippen LogP contribution in [0.5, 0.6) is 0 Å². The van der Waals surface area contributed by atoms with Crippen molar-refractivity contribution in [3.05, 3.63) is 29.6 Å². The predicted molar refractivity (Wildman–Crippen MR) is 80.6 cm³/mol. The largest absolute Gasteiger partial charge is 0.376 e. The second-order valence-corrected chi connectivity index (χ2v) is 5.54. The Labute approximate surface area is 121 Å². The zero-order valence-electron chi connectivity index (χ0n) is 12.7. The third-order valence-electron chi connectivity index (χ3n) is 3.94. The van der Waals surface area contributed by atoms with E-state index < -0.39 is 0 Å². The highest BCUT2D eigenvalue weighted by Crippen LogP contribution is 2.25. The normalized spacial score (nSPS) is 22.2. The standard InChI is InChI=1S/C16H25FN2O/c1-4-6-18-11-13-8-14(17)10-15(9-13)19(3)16-5-7-20-12(16)2/h8-10,12,16,18H,4-7,11H2,1-3H3. The van der Waals surface area contributed by atoms with Gasteiger partial charge in [-0.2, -0.15) is 0 Å². The van der Waals surface area contributed by atoms with Crippen LogP contribution in [-0.4, -0.2) is 32.3 Å². The number of anilines is 1. The summed E-state index contributed by atoms with van der Waals surface area (Å²) in [6, 6.07) is 5.60. The Bertz CT molecular complexity index is 438. The molecule has 0 aromatic heterocycles. The fourth-order valence-electron chi connectivity index (χ4n) is 2.77. The number of hydrogen-bond acceptors (Lipinski definition) is 3. The quantitative estimate of drug-likeness (QED) is 0.811. The van der Waals surface area contributed by atoms with Gasteiger partial charge in [-0.1, -0.05) is 6.92 Å². The SMILES string of the molecule is CCCNCc1cc(F)cc(N(C)C2CCOC2C)c1. The summed E-state index contributed by atoms with van der Waals surface area (Å²) >= 11 is 0. The number of ether oxygens (including phenoxy) is 1. The van der Waals surface area contributed by atoms with Gasteiger partial charge >= 0.3 is 0 Å². The van der Waals surface area contributed by atoms with Gasteiger partial charge in [-0.25, -0.2) is 4.39 Å². The van der Waals surface area contributed by atoms with Gasteiger partial charge in [-0.05, 0) is 50.1 Å². The summed E-state index contributed by atoms with van der Waals surface area (Å²) < 4.78 is 19.4. The van der Waals surface area contributed by atoms with E-state index >= 15 is 0 Å². The molecule has 0 bridgehead atoms. The van der Waals surface area contributed by atoms with E-state index in [1.807, 2.05) is 7.05 Å². The molecule has 2 atom stereocenters. The molecule has 112 valence electrons. The number of rotatable bonds is 6. The molecule has 1 aromatic carbocycles. The Morgan fingerprint density at radius 2 is 2.20 bits per heavy atom. The van der Waals surface area contributed by atoms with Crippen molar-refractivity contribution in [2.24, 2.45) is 0 Å². The smallest absolute Gasteiger partial charge is 0.125 e. The van der Waals surface area contributed by atoms with E-state index in [1.165, 1.54) is 0 Å². The number of halogens is 1. The van der Waals surface area contributed by atoms with E-state index in [1.54, 1.807) is 12.1 Å². The summed E-state index contributed by atoms with van der Waals surface area (Å²) in [4.78, 5) is 2.14. The average Bonchev–Trinajstić information content (AvgIpc) is 2.84. The van der Waals surface area contributed by atoms with Crippen LogP contribution in [0.4, 0.5) is 10.1 Å². The molecule has 0 aliphatic carbocycles. The summed E-state index contributed by atoms with van der Waals surface area (Å²) in [5.41, 5.74) is 1.92. The van der Waals surface area contributed by atoms with Crippen LogP contribution in [0.25, 0.3) is 0 Å². The van der Waals surface area contributed by atoms with E-state index in [0.29, 0.717) is 12.6 Å². The molecule has 1 N–H and O–H groups in total. The highest BCUT2D eigenvalue weighted by atomic mass is 19.1. The monoisotopic (exact) mass is 280 g/mol. The second-order valence-electron chi connectivity index (χ2n) is 5.54. The van der Waals surface area contributed by atoms with Crippen LogP contribution in [0, 0.1) is 5.82 Å². The summed E-state index contributed by atoms with van der Waals surface area (Å²) in [7, 11) is 2.02. The van der Waals surface area contributed by atoms with Crippen molar-refractivity contribution >= 4 is 5.69 Å². The Morgan fingerprint density at radius 1 is 1.40 bits per heavy atom. The average molecular weight is 280 g/mol. The van der Waals surface area contributed by atoms with Crippen molar-refractivity contribution in [3.63, 3.8) is 0 Å². The minimum absolute atomic E-state index is 0.172. The number of hydrogen-bond donors (Lipinski definition) is 1. The molecular weight excluding hydrogens is 255 g/mol. The maximum absolute atomic E-state index is 13.8. The maximum Gasteiger partial charge on any atom is 0.125 e. The second kappa shape index (κ2) is 7.04. The molecule has 2 unspecified atom stereocenters. The molecule has 0 amide bonds. The van der Waals surface area contributed by atoms with Crippen LogP contribution in [0.3, 0.4) is 0 Å². The molecule has 1 aromatic rings. The molecular formula is C16H25FN2O. The Kier molecular flexibility index (Phi) is 5.38. The fraction of sp³-hybridized carbons (Fsp3) is 0.625. The highest BCUT2D eigenvalue weighted by Gasteiger charge is 2.28. The van der Waals surface area contributed by atoms with Crippen molar-refractivity contribution in [1.82, 2.24) is 5.32 Å². The van der Waals surface area contributed by atoms with Gasteiger partial charge in [0.2, 0.25) is 0 Å². The molecule has 20 heavy (non-hydrogen) atoms. The van der Waals surface area contributed by atoms with E-state index in [-0.39, 0.29) is 11.9 Å². The summed E-state index contributed by atoms with van der Waals surface area (Å²) in [5.74, 6) is -0.172. The summed E-state index contributed by atoms with van der Waals surface area (Å²) in [5, 5.41) is 3.31. The van der Waals surface area contributed by atoms with Gasteiger partial charge in [0.1, 0.15) is 5.82 Å². The number of likely N-dealkylation sites (N-methyl/N-ethyl adjacent to an activating group) is 1. The highest BCUT2D eigenvalue weighted by molar-refractivity contribution is 5.49. The molecule has 1 fully saturated rings. The summed E-state index contributed by atoms with van der Waals surface area (Å²) in [6.45, 7) is 6.66. The van der Waals surface area contributed by atoms with E-state index in [9.17, 15) is 4.39 Å². The van der Waals surface area contributed by atoms with Gasteiger partial charge in [0.15, 0.2) is 0 Å². The number of nitrogens with zero attached hydrogens (tertiary/aromatic N) is 1. The first-order valence-electron chi connectivity index (χ1n) is 7.46. The maximum atomic E-state index is 13.8. The molecule has 0 saturated carbocycles. The zero-order valence-corrected chi connectivity index (χ0v) is 12.7. The van der Waals surface area contributed by atoms with E-state index in [0.717, 1.165) is 37.2 Å². The van der Waals surface area contributed by atoms with E-state index in [2.05, 4.69) is 30.1 Å². The van der Waals surface area contributed by atoms with Crippen molar-refractivity contribution in [3.8, 4) is 0 Å². The van der Waals surface area contributed by atoms with Crippen LogP contribution in [0.2, 0.25) is 0 Å². The first-order chi connectivity index (χ1) is 9.61. The minimum atomic E-state index is -0.172. The first-order valence-corrected chi connectivity index (χ1v) is 7.46. The number of nitrogens with one attached hydrogen (secondary N) is 1. The molecule has 4 heteroatoms. The lowest BCUT2D eigenvalue weighted by Gasteiger charge is -2.29. The van der Waals surface area contributed by atoms with Crippen molar-refractivity contribution < 1.29 is 9.13 Å². The van der Waals surface area contributed by atoms with Crippen LogP contribution in [0.1, 0.15) is 32.3 Å². The third-order valence-corrected chi connectivity index (χ3v) is 3.94. The van der Waals surface area contributed by atoms with Gasteiger partial charge in [0.05, 0.1) is 12.1 Å². The molecule has 0 radical (unpaired) electrons. The first kappa shape index (κ1) is 15.3. The van der Waals surface area contributed by atoms with Crippen LogP contribution in [-0.2, 0) is 11.3 Å². The minimum Gasteiger partial charge on any atom is -0.376 e. The van der Waals surface area contributed by atoms with Gasteiger partial charge < -0.3 is 15.0 Å². The predicted octanol–water partition coefficient (Wildman–Crippen LogP) is 2.94. The van der Waals surface area contributed by atoms with Crippen LogP contribution >= 0.6 is 0 Å². The Hall–Kier alpha value is -1.13. The molecule has 1 heterocycles. The fourth-order valence-corrected chi connectivity index (χ4v) is 2.77. The van der Waals surface area contributed by atoms with Crippen LogP contribution < -0.4 is 10.2 Å². The van der Waals surface area contributed by atoms with Crippen LogP contribution in [0.15, 0.2) is 18.2 Å². The van der Waals surface area contributed by atoms with Crippen molar-refractivity contribution in [2.45, 2.75) is 45.4 Å². The van der Waals surface area contributed by atoms with Crippen molar-refractivity contribution in [2.75, 3.05) is 25.1 Å². The molecule has 1 aliphatic rings. The molecule has 2 rings (SSSR count). The Morgan fingerprint density at radius 3 is 2.85 bits per heavy atom. The van der Waals surface area contributed by atoms with Crippen molar-refractivity contribution in [1.29, 1.82) is 0 Å². The lowest BCUT2D eigenvalue weighted by atomic mass is 10.1. The number of benzene rings is 1. The topological polar surface area (TPSA) is 24.5 Å². The third kappa shape index (κ3) is 3.70.